The molecule has 4 nitrogen and oxygen atoms in total. The number of hydrogen-bond acceptors (Lipinski definition) is 2. The summed E-state index contributed by atoms with van der Waals surface area (Å²) in [6.45, 7) is 0. The normalized spacial score (nSPS) is 11.6. The maximum absolute atomic E-state index is 5.12. The van der Waals surface area contributed by atoms with E-state index in [0.717, 1.165) is 50.2 Å². The van der Waals surface area contributed by atoms with Crippen molar-refractivity contribution in [1.82, 2.24) is 19.1 Å². The molecule has 3 heterocycles. The van der Waals surface area contributed by atoms with Crippen molar-refractivity contribution in [2.24, 2.45) is 0 Å². The Morgan fingerprint density at radius 3 is 1.23 bits per heavy atom. The number of para-hydroxylation sites is 3. The molecular formula is C52H34N4. The lowest BCUT2D eigenvalue weighted by Gasteiger charge is -2.11. The molecule has 11 aromatic rings. The molecule has 56 heavy (non-hydrogen) atoms. The van der Waals surface area contributed by atoms with Gasteiger partial charge in [0.25, 0.3) is 0 Å². The highest BCUT2D eigenvalue weighted by atomic mass is 15.0. The second kappa shape index (κ2) is 13.1. The number of benzene rings is 8. The maximum atomic E-state index is 5.12. The van der Waals surface area contributed by atoms with Gasteiger partial charge < -0.3 is 9.13 Å². The molecule has 0 saturated carbocycles. The van der Waals surface area contributed by atoms with Gasteiger partial charge >= 0.3 is 0 Å². The zero-order valence-corrected chi connectivity index (χ0v) is 30.4. The zero-order valence-electron chi connectivity index (χ0n) is 30.4. The van der Waals surface area contributed by atoms with Crippen molar-refractivity contribution in [2.45, 2.75) is 0 Å². The van der Waals surface area contributed by atoms with Gasteiger partial charge in [-0.05, 0) is 83.9 Å². The topological polar surface area (TPSA) is 35.6 Å². The number of aromatic nitrogens is 4. The van der Waals surface area contributed by atoms with E-state index in [4.69, 9.17) is 9.97 Å². The first kappa shape index (κ1) is 31.9. The predicted octanol–water partition coefficient (Wildman–Crippen LogP) is 13.3. The minimum Gasteiger partial charge on any atom is -0.309 e. The average Bonchev–Trinajstić information content (AvgIpc) is 3.79. The van der Waals surface area contributed by atoms with E-state index in [0.29, 0.717) is 5.82 Å². The molecule has 0 unspecified atom stereocenters. The summed E-state index contributed by atoms with van der Waals surface area (Å²) in [5.41, 5.74) is 14.3. The Bertz CT molecular complexity index is 3160. The zero-order chi connectivity index (χ0) is 37.0. The summed E-state index contributed by atoms with van der Waals surface area (Å²) in [6, 6.07) is 73.2. The molecule has 0 aliphatic carbocycles. The van der Waals surface area contributed by atoms with E-state index in [-0.39, 0.29) is 0 Å². The van der Waals surface area contributed by atoms with Crippen molar-refractivity contribution < 1.29 is 0 Å². The summed E-state index contributed by atoms with van der Waals surface area (Å²) in [6.07, 6.45) is 0. The summed E-state index contributed by atoms with van der Waals surface area (Å²) in [5.74, 6) is 0.706. The molecule has 0 atom stereocenters. The van der Waals surface area contributed by atoms with Gasteiger partial charge in [0.1, 0.15) is 0 Å². The fraction of sp³-hybridized carbons (Fsp3) is 0. The molecule has 8 aromatic carbocycles. The van der Waals surface area contributed by atoms with Crippen LogP contribution >= 0.6 is 0 Å². The Morgan fingerprint density at radius 2 is 0.679 bits per heavy atom. The first-order valence-electron chi connectivity index (χ1n) is 19.0. The van der Waals surface area contributed by atoms with Crippen LogP contribution in [0.2, 0.25) is 0 Å². The van der Waals surface area contributed by atoms with Crippen LogP contribution in [0.25, 0.3) is 100 Å². The first-order valence-corrected chi connectivity index (χ1v) is 19.0. The number of hydrogen-bond donors (Lipinski definition) is 0. The Balaban J connectivity index is 1.01. The molecule has 0 spiro atoms. The molecule has 0 fully saturated rings. The molecule has 4 heteroatoms. The summed E-state index contributed by atoms with van der Waals surface area (Å²) in [7, 11) is 0. The van der Waals surface area contributed by atoms with E-state index in [1.165, 1.54) is 44.0 Å². The number of nitrogens with zero attached hydrogens (tertiary/aromatic N) is 4. The molecule has 0 saturated heterocycles. The van der Waals surface area contributed by atoms with Crippen LogP contribution in [0.3, 0.4) is 0 Å². The van der Waals surface area contributed by atoms with Crippen LogP contribution < -0.4 is 0 Å². The summed E-state index contributed by atoms with van der Waals surface area (Å²) >= 11 is 0. The van der Waals surface area contributed by atoms with Crippen molar-refractivity contribution in [3.05, 3.63) is 206 Å². The van der Waals surface area contributed by atoms with Gasteiger partial charge in [0.05, 0.1) is 33.5 Å². The Morgan fingerprint density at radius 1 is 0.268 bits per heavy atom. The molecule has 0 aliphatic heterocycles. The van der Waals surface area contributed by atoms with Crippen LogP contribution in [0.5, 0.6) is 0 Å². The second-order valence-corrected chi connectivity index (χ2v) is 14.2. The minimum atomic E-state index is 0.706. The fourth-order valence-electron chi connectivity index (χ4n) is 8.29. The molecule has 0 amide bonds. The van der Waals surface area contributed by atoms with Crippen molar-refractivity contribution in [3.63, 3.8) is 0 Å². The number of fused-ring (bicyclic) bond motifs is 6. The highest BCUT2D eigenvalue weighted by molar-refractivity contribution is 6.11. The van der Waals surface area contributed by atoms with Gasteiger partial charge in [-0.25, -0.2) is 9.97 Å². The fourth-order valence-corrected chi connectivity index (χ4v) is 8.29. The van der Waals surface area contributed by atoms with Crippen LogP contribution in [-0.2, 0) is 0 Å². The molecular weight excluding hydrogens is 681 g/mol. The molecule has 0 radical (unpaired) electrons. The van der Waals surface area contributed by atoms with E-state index < -0.39 is 0 Å². The summed E-state index contributed by atoms with van der Waals surface area (Å²) < 4.78 is 4.73. The van der Waals surface area contributed by atoms with Crippen LogP contribution in [0.4, 0.5) is 0 Å². The lowest BCUT2D eigenvalue weighted by molar-refractivity contribution is 1.17. The minimum absolute atomic E-state index is 0.706. The van der Waals surface area contributed by atoms with Crippen molar-refractivity contribution >= 4 is 43.6 Å². The predicted molar refractivity (Wildman–Crippen MR) is 232 cm³/mol. The molecule has 0 aliphatic rings. The van der Waals surface area contributed by atoms with Gasteiger partial charge in [-0.1, -0.05) is 133 Å². The monoisotopic (exact) mass is 714 g/mol. The maximum Gasteiger partial charge on any atom is 0.160 e. The Kier molecular flexibility index (Phi) is 7.46. The van der Waals surface area contributed by atoms with Gasteiger partial charge in [0.15, 0.2) is 5.82 Å². The highest BCUT2D eigenvalue weighted by Crippen LogP contribution is 2.38. The molecule has 0 bridgehead atoms. The molecule has 11 rings (SSSR count). The van der Waals surface area contributed by atoms with Crippen LogP contribution in [0, 0.1) is 0 Å². The SMILES string of the molecule is c1ccc(-c2cc(-c3ccccc3)nc(-c3ccc4c(c3)c3ccccc3n4-c3ccc(-c4ccc5c(c4)c4ccccc4n5-c4ccccc4)cc3)n2)cc1. The van der Waals surface area contributed by atoms with Crippen molar-refractivity contribution in [3.8, 4) is 56.4 Å². The highest BCUT2D eigenvalue weighted by Gasteiger charge is 2.17. The lowest BCUT2D eigenvalue weighted by atomic mass is 10.0. The van der Waals surface area contributed by atoms with Crippen LogP contribution in [0.1, 0.15) is 0 Å². The smallest absolute Gasteiger partial charge is 0.160 e. The van der Waals surface area contributed by atoms with Crippen LogP contribution in [0.15, 0.2) is 206 Å². The van der Waals surface area contributed by atoms with E-state index in [1.54, 1.807) is 0 Å². The van der Waals surface area contributed by atoms with E-state index in [2.05, 4.69) is 203 Å². The molecule has 262 valence electrons. The lowest BCUT2D eigenvalue weighted by Crippen LogP contribution is -1.96. The quantitative estimate of drug-likeness (QED) is 0.172. The molecule has 0 N–H and O–H groups in total. The summed E-state index contributed by atoms with van der Waals surface area (Å²) in [4.78, 5) is 10.2. The molecule has 3 aromatic heterocycles. The van der Waals surface area contributed by atoms with Gasteiger partial charge in [-0.15, -0.1) is 0 Å². The average molecular weight is 715 g/mol. The van der Waals surface area contributed by atoms with Gasteiger partial charge in [-0.2, -0.15) is 0 Å². The third-order valence-electron chi connectivity index (χ3n) is 10.9. The first-order chi connectivity index (χ1) is 27.8. The van der Waals surface area contributed by atoms with Crippen LogP contribution in [-0.4, -0.2) is 19.1 Å². The Labute approximate surface area is 324 Å². The largest absolute Gasteiger partial charge is 0.309 e. The standard InChI is InChI=1S/C52H34N4/c1-4-14-36(15-5-1)46-34-47(37-16-6-2-7-17-37)54-52(53-46)39-27-31-51-45(33-39)43-21-11-13-23-49(43)56(51)41-28-24-35(25-29-41)38-26-30-50-44(32-38)42-20-10-12-22-48(42)55(50)40-18-8-3-9-19-40/h1-34H. The van der Waals surface area contributed by atoms with E-state index >= 15 is 0 Å². The third-order valence-corrected chi connectivity index (χ3v) is 10.9. The van der Waals surface area contributed by atoms with Gasteiger partial charge in [0, 0.05) is 49.6 Å². The van der Waals surface area contributed by atoms with Gasteiger partial charge in [-0.3, -0.25) is 0 Å². The Hall–Kier alpha value is -7.56. The van der Waals surface area contributed by atoms with Crippen molar-refractivity contribution in [2.75, 3.05) is 0 Å². The summed E-state index contributed by atoms with van der Waals surface area (Å²) in [5, 5.41) is 4.86. The second-order valence-electron chi connectivity index (χ2n) is 14.2. The number of rotatable bonds is 6. The third kappa shape index (κ3) is 5.31. The van der Waals surface area contributed by atoms with Gasteiger partial charge in [0.2, 0.25) is 0 Å². The van der Waals surface area contributed by atoms with E-state index in [1.807, 2.05) is 12.1 Å². The van der Waals surface area contributed by atoms with Crippen molar-refractivity contribution in [1.29, 1.82) is 0 Å². The van der Waals surface area contributed by atoms with E-state index in [9.17, 15) is 0 Å².